The SMILES string of the molecule is CN1CCN(Cc2ccc(N)cc2)CC1C(F)(F)F. The van der Waals surface area contributed by atoms with Gasteiger partial charge in [0, 0.05) is 31.9 Å². The van der Waals surface area contributed by atoms with Gasteiger partial charge >= 0.3 is 6.18 Å². The minimum atomic E-state index is -4.17. The summed E-state index contributed by atoms with van der Waals surface area (Å²) >= 11 is 0. The fourth-order valence-electron chi connectivity index (χ4n) is 2.31. The molecule has 1 aromatic rings. The van der Waals surface area contributed by atoms with Crippen molar-refractivity contribution in [2.75, 3.05) is 32.4 Å². The Morgan fingerprint density at radius 1 is 1.21 bits per heavy atom. The Hall–Kier alpha value is -1.27. The number of likely N-dealkylation sites (N-methyl/N-ethyl adjacent to an activating group) is 1. The smallest absolute Gasteiger partial charge is 0.399 e. The molecule has 1 aliphatic heterocycles. The molecule has 0 radical (unpaired) electrons. The van der Waals surface area contributed by atoms with Crippen molar-refractivity contribution in [3.05, 3.63) is 29.8 Å². The van der Waals surface area contributed by atoms with Gasteiger partial charge in [-0.3, -0.25) is 9.80 Å². The number of nitrogen functional groups attached to an aromatic ring is 1. The van der Waals surface area contributed by atoms with Crippen molar-refractivity contribution in [3.8, 4) is 0 Å². The van der Waals surface area contributed by atoms with Crippen LogP contribution in [0.25, 0.3) is 0 Å². The lowest BCUT2D eigenvalue weighted by Crippen LogP contribution is -2.57. The topological polar surface area (TPSA) is 32.5 Å². The quantitative estimate of drug-likeness (QED) is 0.836. The third kappa shape index (κ3) is 3.61. The number of piperazine rings is 1. The Kier molecular flexibility index (Phi) is 4.01. The van der Waals surface area contributed by atoms with Crippen molar-refractivity contribution in [1.29, 1.82) is 0 Å². The van der Waals surface area contributed by atoms with Gasteiger partial charge in [0.25, 0.3) is 0 Å². The maximum Gasteiger partial charge on any atom is 0.405 e. The number of halogens is 3. The highest BCUT2D eigenvalue weighted by molar-refractivity contribution is 5.39. The molecule has 1 fully saturated rings. The monoisotopic (exact) mass is 273 g/mol. The second-order valence-electron chi connectivity index (χ2n) is 5.01. The van der Waals surface area contributed by atoms with E-state index in [2.05, 4.69) is 0 Å². The molecule has 6 heteroatoms. The number of benzene rings is 1. The standard InChI is InChI=1S/C13H18F3N3/c1-18-6-7-19(9-12(18)13(14,15)16)8-10-2-4-11(17)5-3-10/h2-5,12H,6-9,17H2,1H3. The van der Waals surface area contributed by atoms with Crippen molar-refractivity contribution in [2.45, 2.75) is 18.8 Å². The molecular formula is C13H18F3N3. The van der Waals surface area contributed by atoms with Gasteiger partial charge in [-0.15, -0.1) is 0 Å². The lowest BCUT2D eigenvalue weighted by Gasteiger charge is -2.40. The molecule has 1 saturated heterocycles. The average molecular weight is 273 g/mol. The number of nitrogens with zero attached hydrogens (tertiary/aromatic N) is 2. The first-order valence-electron chi connectivity index (χ1n) is 6.20. The van der Waals surface area contributed by atoms with Gasteiger partial charge in [0.2, 0.25) is 0 Å². The van der Waals surface area contributed by atoms with Gasteiger partial charge in [0.05, 0.1) is 0 Å². The van der Waals surface area contributed by atoms with Gasteiger partial charge < -0.3 is 5.73 Å². The zero-order valence-electron chi connectivity index (χ0n) is 10.8. The van der Waals surface area contributed by atoms with E-state index in [-0.39, 0.29) is 6.54 Å². The Morgan fingerprint density at radius 3 is 2.42 bits per heavy atom. The van der Waals surface area contributed by atoms with Crippen molar-refractivity contribution in [3.63, 3.8) is 0 Å². The molecule has 1 heterocycles. The third-order valence-corrected chi connectivity index (χ3v) is 3.50. The van der Waals surface area contributed by atoms with Gasteiger partial charge in [0.15, 0.2) is 0 Å². The fraction of sp³-hybridized carbons (Fsp3) is 0.538. The zero-order chi connectivity index (χ0) is 14.0. The van der Waals surface area contributed by atoms with E-state index < -0.39 is 12.2 Å². The molecule has 1 aromatic carbocycles. The highest BCUT2D eigenvalue weighted by atomic mass is 19.4. The predicted molar refractivity (Wildman–Crippen MR) is 68.6 cm³/mol. The number of hydrogen-bond donors (Lipinski definition) is 1. The molecule has 0 saturated carbocycles. The van der Waals surface area contributed by atoms with Crippen molar-refractivity contribution >= 4 is 5.69 Å². The third-order valence-electron chi connectivity index (χ3n) is 3.50. The molecule has 1 aliphatic rings. The first kappa shape index (κ1) is 14.1. The zero-order valence-corrected chi connectivity index (χ0v) is 10.8. The summed E-state index contributed by atoms with van der Waals surface area (Å²) in [5, 5.41) is 0. The molecule has 0 spiro atoms. The second kappa shape index (κ2) is 5.38. The number of nitrogens with two attached hydrogens (primary N) is 1. The van der Waals surface area contributed by atoms with Crippen LogP contribution in [0.3, 0.4) is 0 Å². The van der Waals surface area contributed by atoms with Crippen molar-refractivity contribution in [1.82, 2.24) is 9.80 Å². The van der Waals surface area contributed by atoms with E-state index in [0.29, 0.717) is 25.3 Å². The molecule has 2 N–H and O–H groups in total. The van der Waals surface area contributed by atoms with Crippen LogP contribution in [-0.2, 0) is 6.54 Å². The Morgan fingerprint density at radius 2 is 1.84 bits per heavy atom. The molecule has 0 amide bonds. The lowest BCUT2D eigenvalue weighted by molar-refractivity contribution is -0.193. The van der Waals surface area contributed by atoms with Crippen LogP contribution in [0, 0.1) is 0 Å². The van der Waals surface area contributed by atoms with E-state index in [9.17, 15) is 13.2 Å². The van der Waals surface area contributed by atoms with Gasteiger partial charge in [-0.1, -0.05) is 12.1 Å². The molecule has 19 heavy (non-hydrogen) atoms. The van der Waals surface area contributed by atoms with Crippen LogP contribution in [0.4, 0.5) is 18.9 Å². The molecule has 1 atom stereocenters. The maximum absolute atomic E-state index is 12.9. The van der Waals surface area contributed by atoms with Crippen LogP contribution in [0.2, 0.25) is 0 Å². The summed E-state index contributed by atoms with van der Waals surface area (Å²) in [6, 6.07) is 5.88. The molecule has 3 nitrogen and oxygen atoms in total. The molecular weight excluding hydrogens is 255 g/mol. The van der Waals surface area contributed by atoms with E-state index in [4.69, 9.17) is 5.73 Å². The number of alkyl halides is 3. The van der Waals surface area contributed by atoms with Gasteiger partial charge in [0.1, 0.15) is 6.04 Å². The summed E-state index contributed by atoms with van der Waals surface area (Å²) < 4.78 is 38.6. The fourth-order valence-corrected chi connectivity index (χ4v) is 2.31. The first-order chi connectivity index (χ1) is 8.86. The van der Waals surface area contributed by atoms with Crippen LogP contribution in [0.15, 0.2) is 24.3 Å². The van der Waals surface area contributed by atoms with Crippen LogP contribution in [-0.4, -0.2) is 48.7 Å². The lowest BCUT2D eigenvalue weighted by atomic mass is 10.1. The summed E-state index contributed by atoms with van der Waals surface area (Å²) in [6.45, 7) is 1.62. The molecule has 0 bridgehead atoms. The first-order valence-corrected chi connectivity index (χ1v) is 6.20. The highest BCUT2D eigenvalue weighted by Gasteiger charge is 2.44. The van der Waals surface area contributed by atoms with E-state index >= 15 is 0 Å². The number of rotatable bonds is 2. The van der Waals surface area contributed by atoms with Gasteiger partial charge in [-0.2, -0.15) is 13.2 Å². The van der Waals surface area contributed by atoms with Crippen LogP contribution in [0.1, 0.15) is 5.56 Å². The molecule has 1 unspecified atom stereocenters. The summed E-state index contributed by atoms with van der Waals surface area (Å²) in [4.78, 5) is 3.21. The number of anilines is 1. The Balaban J connectivity index is 2.00. The largest absolute Gasteiger partial charge is 0.405 e. The van der Waals surface area contributed by atoms with E-state index in [1.54, 1.807) is 12.1 Å². The average Bonchev–Trinajstić information content (AvgIpc) is 2.33. The molecule has 0 aromatic heterocycles. The molecule has 0 aliphatic carbocycles. The predicted octanol–water partition coefficient (Wildman–Crippen LogP) is 1.95. The minimum absolute atomic E-state index is 0.0182. The van der Waals surface area contributed by atoms with Gasteiger partial charge in [-0.05, 0) is 24.7 Å². The van der Waals surface area contributed by atoms with Crippen molar-refractivity contribution < 1.29 is 13.2 Å². The van der Waals surface area contributed by atoms with Crippen molar-refractivity contribution in [2.24, 2.45) is 0 Å². The minimum Gasteiger partial charge on any atom is -0.399 e. The van der Waals surface area contributed by atoms with Crippen LogP contribution < -0.4 is 5.73 Å². The highest BCUT2D eigenvalue weighted by Crippen LogP contribution is 2.27. The van der Waals surface area contributed by atoms with E-state index in [1.807, 2.05) is 17.0 Å². The summed E-state index contributed by atoms with van der Waals surface area (Å²) in [5.74, 6) is 0. The summed E-state index contributed by atoms with van der Waals surface area (Å²) in [6.07, 6.45) is -4.17. The number of hydrogen-bond acceptors (Lipinski definition) is 3. The van der Waals surface area contributed by atoms with Crippen LogP contribution >= 0.6 is 0 Å². The van der Waals surface area contributed by atoms with E-state index in [0.717, 1.165) is 5.56 Å². The summed E-state index contributed by atoms with van der Waals surface area (Å²) in [7, 11) is 1.53. The Labute approximate surface area is 110 Å². The van der Waals surface area contributed by atoms with E-state index in [1.165, 1.54) is 11.9 Å². The van der Waals surface area contributed by atoms with Gasteiger partial charge in [-0.25, -0.2) is 0 Å². The molecule has 106 valence electrons. The normalized spacial score (nSPS) is 22.6. The maximum atomic E-state index is 12.9. The Bertz CT molecular complexity index is 416. The van der Waals surface area contributed by atoms with Crippen LogP contribution in [0.5, 0.6) is 0 Å². The summed E-state index contributed by atoms with van der Waals surface area (Å²) in [5.41, 5.74) is 7.24. The molecule has 2 rings (SSSR count). The second-order valence-corrected chi connectivity index (χ2v) is 5.01.